The first-order chi connectivity index (χ1) is 16.0. The molecule has 4 rings (SSSR count). The standard InChI is InChI=1S/C25H29FN2O5/c1-31-20-10-7-11-21(32-2)22(20)24(30)28-19(16-33-25(28)12-4-3-5-13-25)23(29)27-15-17-8-6-9-18(26)14-17/h6-11,14,19H,3-5,12-13,15-16H2,1-2H3,(H,27,29)/t19-/m1/s1. The lowest BCUT2D eigenvalue weighted by Gasteiger charge is -2.41. The number of benzene rings is 2. The third kappa shape index (κ3) is 4.53. The third-order valence-corrected chi connectivity index (χ3v) is 6.41. The van der Waals surface area contributed by atoms with Crippen LogP contribution in [-0.4, -0.2) is 49.3 Å². The van der Waals surface area contributed by atoms with Crippen molar-refractivity contribution in [2.24, 2.45) is 0 Å². The fourth-order valence-corrected chi connectivity index (χ4v) is 4.81. The Hall–Kier alpha value is -3.13. The smallest absolute Gasteiger partial charge is 0.264 e. The number of methoxy groups -OCH3 is 2. The molecule has 1 atom stereocenters. The summed E-state index contributed by atoms with van der Waals surface area (Å²) in [5.74, 6) is -0.335. The number of carbonyl (C=O) groups excluding carboxylic acids is 2. The van der Waals surface area contributed by atoms with Crippen LogP contribution < -0.4 is 14.8 Å². The van der Waals surface area contributed by atoms with Crippen molar-refractivity contribution in [3.63, 3.8) is 0 Å². The van der Waals surface area contributed by atoms with Crippen molar-refractivity contribution in [1.29, 1.82) is 0 Å². The van der Waals surface area contributed by atoms with Crippen molar-refractivity contribution >= 4 is 11.8 Å². The van der Waals surface area contributed by atoms with Gasteiger partial charge in [-0.15, -0.1) is 0 Å². The molecule has 0 radical (unpaired) electrons. The third-order valence-electron chi connectivity index (χ3n) is 6.41. The van der Waals surface area contributed by atoms with E-state index in [9.17, 15) is 14.0 Å². The number of carbonyl (C=O) groups is 2. The number of amides is 2. The lowest BCUT2D eigenvalue weighted by Crippen LogP contribution is -2.56. The first-order valence-corrected chi connectivity index (χ1v) is 11.2. The summed E-state index contributed by atoms with van der Waals surface area (Å²) in [6, 6.07) is 10.4. The molecule has 0 unspecified atom stereocenters. The first-order valence-electron chi connectivity index (χ1n) is 11.2. The minimum atomic E-state index is -0.845. The first kappa shape index (κ1) is 23.0. The van der Waals surface area contributed by atoms with E-state index in [1.807, 2.05) is 0 Å². The predicted molar refractivity (Wildman–Crippen MR) is 120 cm³/mol. The highest BCUT2D eigenvalue weighted by molar-refractivity contribution is 6.02. The molecule has 1 aliphatic carbocycles. The second-order valence-corrected chi connectivity index (χ2v) is 8.39. The van der Waals surface area contributed by atoms with Gasteiger partial charge in [-0.2, -0.15) is 0 Å². The number of halogens is 1. The van der Waals surface area contributed by atoms with Gasteiger partial charge < -0.3 is 19.5 Å². The highest BCUT2D eigenvalue weighted by Crippen LogP contribution is 2.43. The van der Waals surface area contributed by atoms with Crippen LogP contribution in [0.3, 0.4) is 0 Å². The molecule has 8 heteroatoms. The molecule has 1 N–H and O–H groups in total. The molecule has 176 valence electrons. The molecule has 2 aliphatic rings. The molecule has 2 fully saturated rings. The predicted octanol–water partition coefficient (Wildman–Crippen LogP) is 3.66. The van der Waals surface area contributed by atoms with Crippen molar-refractivity contribution < 1.29 is 28.2 Å². The van der Waals surface area contributed by atoms with E-state index in [0.29, 0.717) is 29.9 Å². The number of hydrogen-bond donors (Lipinski definition) is 1. The zero-order valence-electron chi connectivity index (χ0n) is 18.9. The number of hydrogen-bond acceptors (Lipinski definition) is 5. The molecular formula is C25H29FN2O5. The number of nitrogens with one attached hydrogen (secondary N) is 1. The van der Waals surface area contributed by atoms with Gasteiger partial charge in [0.1, 0.15) is 34.6 Å². The van der Waals surface area contributed by atoms with Crippen LogP contribution in [-0.2, 0) is 16.1 Å². The Balaban J connectivity index is 1.65. The molecule has 1 heterocycles. The lowest BCUT2D eigenvalue weighted by molar-refractivity contribution is -0.127. The van der Waals surface area contributed by atoms with Crippen LogP contribution in [0.15, 0.2) is 42.5 Å². The molecule has 0 aromatic heterocycles. The lowest BCUT2D eigenvalue weighted by atomic mass is 9.89. The Morgan fingerprint density at radius 3 is 2.39 bits per heavy atom. The highest BCUT2D eigenvalue weighted by atomic mass is 19.1. The van der Waals surface area contributed by atoms with Crippen LogP contribution in [0, 0.1) is 5.82 Å². The van der Waals surface area contributed by atoms with Gasteiger partial charge in [0.05, 0.1) is 20.8 Å². The topological polar surface area (TPSA) is 77.1 Å². The van der Waals surface area contributed by atoms with E-state index in [1.165, 1.54) is 26.4 Å². The van der Waals surface area contributed by atoms with Crippen molar-refractivity contribution in [2.45, 2.75) is 50.4 Å². The second-order valence-electron chi connectivity index (χ2n) is 8.39. The Labute approximate surface area is 192 Å². The molecule has 0 bridgehead atoms. The number of ether oxygens (including phenoxy) is 3. The van der Waals surface area contributed by atoms with Crippen LogP contribution in [0.1, 0.15) is 48.0 Å². The average molecular weight is 457 g/mol. The maximum Gasteiger partial charge on any atom is 0.264 e. The van der Waals surface area contributed by atoms with E-state index in [2.05, 4.69) is 5.32 Å². The molecule has 1 aliphatic heterocycles. The zero-order valence-corrected chi connectivity index (χ0v) is 18.9. The van der Waals surface area contributed by atoms with Gasteiger partial charge >= 0.3 is 0 Å². The fraction of sp³-hybridized carbons (Fsp3) is 0.440. The summed E-state index contributed by atoms with van der Waals surface area (Å²) in [6.45, 7) is 0.248. The normalized spacial score (nSPS) is 19.4. The van der Waals surface area contributed by atoms with Crippen molar-refractivity contribution in [3.05, 3.63) is 59.4 Å². The number of rotatable bonds is 6. The number of nitrogens with zero attached hydrogens (tertiary/aromatic N) is 1. The Morgan fingerprint density at radius 1 is 1.09 bits per heavy atom. The van der Waals surface area contributed by atoms with Gasteiger partial charge in [0.2, 0.25) is 5.91 Å². The minimum absolute atomic E-state index is 0.0954. The van der Waals surface area contributed by atoms with E-state index in [1.54, 1.807) is 35.2 Å². The van der Waals surface area contributed by atoms with Crippen LogP contribution >= 0.6 is 0 Å². The Bertz CT molecular complexity index is 999. The summed E-state index contributed by atoms with van der Waals surface area (Å²) >= 11 is 0. The van der Waals surface area contributed by atoms with E-state index in [-0.39, 0.29) is 36.3 Å². The molecule has 33 heavy (non-hydrogen) atoms. The summed E-state index contributed by atoms with van der Waals surface area (Å²) in [5, 5.41) is 2.84. The van der Waals surface area contributed by atoms with E-state index >= 15 is 0 Å². The van der Waals surface area contributed by atoms with E-state index < -0.39 is 11.8 Å². The average Bonchev–Trinajstić information content (AvgIpc) is 3.20. The summed E-state index contributed by atoms with van der Waals surface area (Å²) in [7, 11) is 2.98. The summed E-state index contributed by atoms with van der Waals surface area (Å²) in [6.07, 6.45) is 4.18. The van der Waals surface area contributed by atoms with Crippen molar-refractivity contribution in [2.75, 3.05) is 20.8 Å². The second kappa shape index (κ2) is 9.79. The molecule has 2 aromatic rings. The monoisotopic (exact) mass is 456 g/mol. The van der Waals surface area contributed by atoms with Crippen LogP contribution in [0.4, 0.5) is 4.39 Å². The van der Waals surface area contributed by atoms with E-state index in [4.69, 9.17) is 14.2 Å². The Morgan fingerprint density at radius 2 is 1.76 bits per heavy atom. The largest absolute Gasteiger partial charge is 0.496 e. The van der Waals surface area contributed by atoms with E-state index in [0.717, 1.165) is 19.3 Å². The van der Waals surface area contributed by atoms with Crippen LogP contribution in [0.25, 0.3) is 0 Å². The maximum atomic E-state index is 14.0. The quantitative estimate of drug-likeness (QED) is 0.718. The molecule has 2 aromatic carbocycles. The van der Waals surface area contributed by atoms with Gasteiger partial charge in [-0.1, -0.05) is 24.6 Å². The summed E-state index contributed by atoms with van der Waals surface area (Å²) in [4.78, 5) is 28.8. The summed E-state index contributed by atoms with van der Waals surface area (Å²) < 4.78 is 30.6. The molecule has 1 saturated carbocycles. The highest BCUT2D eigenvalue weighted by Gasteiger charge is 2.53. The molecule has 1 spiro atoms. The van der Waals surface area contributed by atoms with Gasteiger partial charge in [0.15, 0.2) is 0 Å². The molecule has 7 nitrogen and oxygen atoms in total. The van der Waals surface area contributed by atoms with Crippen molar-refractivity contribution in [3.8, 4) is 11.5 Å². The van der Waals surface area contributed by atoms with Gasteiger partial charge in [-0.25, -0.2) is 4.39 Å². The van der Waals surface area contributed by atoms with Gasteiger partial charge in [0, 0.05) is 6.54 Å². The molecular weight excluding hydrogens is 427 g/mol. The van der Waals surface area contributed by atoms with Gasteiger partial charge in [-0.05, 0) is 55.5 Å². The minimum Gasteiger partial charge on any atom is -0.496 e. The molecule has 1 saturated heterocycles. The van der Waals surface area contributed by atoms with Crippen LogP contribution in [0.2, 0.25) is 0 Å². The van der Waals surface area contributed by atoms with Gasteiger partial charge in [0.25, 0.3) is 5.91 Å². The van der Waals surface area contributed by atoms with Crippen LogP contribution in [0.5, 0.6) is 11.5 Å². The van der Waals surface area contributed by atoms with Gasteiger partial charge in [-0.3, -0.25) is 14.5 Å². The maximum absolute atomic E-state index is 14.0. The fourth-order valence-electron chi connectivity index (χ4n) is 4.81. The molecule has 2 amide bonds. The Kier molecular flexibility index (Phi) is 6.83. The van der Waals surface area contributed by atoms with Crippen molar-refractivity contribution in [1.82, 2.24) is 10.2 Å². The summed E-state index contributed by atoms with van der Waals surface area (Å²) in [5.41, 5.74) is 0.0574. The SMILES string of the molecule is COc1cccc(OC)c1C(=O)N1[C@@H](C(=O)NCc2cccc(F)c2)COC12CCCCC2. The zero-order chi connectivity index (χ0) is 23.4.